The van der Waals surface area contributed by atoms with E-state index >= 15 is 0 Å². The molecule has 0 aliphatic carbocycles. The Kier molecular flexibility index (Phi) is 25.7. The van der Waals surface area contributed by atoms with Crippen molar-refractivity contribution in [2.75, 3.05) is 0 Å². The summed E-state index contributed by atoms with van der Waals surface area (Å²) in [7, 11) is 0. The Morgan fingerprint density at radius 3 is 1.35 bits per heavy atom. The second-order valence-corrected chi connectivity index (χ2v) is 15.7. The molecule has 0 amide bonds. The van der Waals surface area contributed by atoms with Crippen LogP contribution in [0.25, 0.3) is 0 Å². The van der Waals surface area contributed by atoms with Gasteiger partial charge in [-0.15, -0.1) is 0 Å². The molecule has 6 heteroatoms. The second kappa shape index (κ2) is 21.8. The van der Waals surface area contributed by atoms with E-state index in [1.165, 1.54) is 70.6 Å². The van der Waals surface area contributed by atoms with Gasteiger partial charge in [-0.3, -0.25) is 0 Å². The van der Waals surface area contributed by atoms with Gasteiger partial charge in [0.15, 0.2) is 0 Å². The van der Waals surface area contributed by atoms with Gasteiger partial charge in [-0.25, -0.2) is 0 Å². The first-order valence-corrected chi connectivity index (χ1v) is 17.8. The maximum absolute atomic E-state index is 9.29. The van der Waals surface area contributed by atoms with Crippen LogP contribution in [0, 0.1) is 0 Å². The topological polar surface area (TPSA) is 46.1 Å². The summed E-state index contributed by atoms with van der Waals surface area (Å²) in [6.45, 7) is 4.61. The maximum Gasteiger partial charge on any atom is -0.160 e. The van der Waals surface area contributed by atoms with Crippen molar-refractivity contribution in [1.29, 1.82) is 0 Å². The minimum atomic E-state index is -3.72. The fourth-order valence-electron chi connectivity index (χ4n) is 2.30. The summed E-state index contributed by atoms with van der Waals surface area (Å²) in [6, 6.07) is 0. The molecule has 0 heterocycles. The first kappa shape index (κ1) is 27.0. The van der Waals surface area contributed by atoms with E-state index in [9.17, 15) is 9.79 Å². The van der Waals surface area contributed by atoms with Gasteiger partial charge < -0.3 is 27.7 Å². The molecule has 23 heavy (non-hydrogen) atoms. The molecule has 0 aromatic carbocycles. The summed E-state index contributed by atoms with van der Waals surface area (Å²) in [6.07, 6.45) is 19.3. The number of rotatable bonds is 15. The maximum atomic E-state index is 9.29. The van der Waals surface area contributed by atoms with Gasteiger partial charge >= 0.3 is 129 Å². The van der Waals surface area contributed by atoms with E-state index in [1.54, 1.807) is 21.1 Å². The summed E-state index contributed by atoms with van der Waals surface area (Å²) < 4.78 is 3.32. The fourth-order valence-corrected chi connectivity index (χ4v) is 6.64. The van der Waals surface area contributed by atoms with Crippen LogP contribution in [-0.4, -0.2) is 23.2 Å². The van der Waals surface area contributed by atoms with Crippen molar-refractivity contribution >= 4 is 53.0 Å². The zero-order valence-electron chi connectivity index (χ0n) is 15.1. The molecule has 0 rings (SSSR count). The Balaban J connectivity index is 0. The van der Waals surface area contributed by atoms with Crippen LogP contribution in [0.4, 0.5) is 0 Å². The molecule has 0 saturated carbocycles. The summed E-state index contributed by atoms with van der Waals surface area (Å²) in [5.41, 5.74) is -3.72. The van der Waals surface area contributed by atoms with Crippen LogP contribution in [0.1, 0.15) is 97.3 Å². The number of hydrogen-bond donors (Lipinski definition) is 0. The van der Waals surface area contributed by atoms with Gasteiger partial charge in [0, 0.05) is 0 Å². The zero-order chi connectivity index (χ0) is 17.8. The zero-order valence-corrected chi connectivity index (χ0v) is 21.1. The number of hydrogen-bond acceptors (Lipinski definition) is 4. The molecule has 0 saturated heterocycles. The quantitative estimate of drug-likeness (QED) is 0.118. The fraction of sp³-hybridized carbons (Fsp3) is 1.00. The predicted octanol–water partition coefficient (Wildman–Crippen LogP) is 5.12. The minimum absolute atomic E-state index is 0.00627. The molecule has 0 aromatic rings. The molecule has 138 valence electrons. The molecule has 0 spiro atoms. The van der Waals surface area contributed by atoms with Crippen LogP contribution in [0.3, 0.4) is 0 Å². The Hall–Kier alpha value is 1.80. The minimum Gasteiger partial charge on any atom is -0.850 e. The van der Waals surface area contributed by atoms with Crippen LogP contribution < -0.4 is 9.79 Å². The van der Waals surface area contributed by atoms with Gasteiger partial charge in [-0.2, -0.15) is 11.8 Å². The van der Waals surface area contributed by atoms with E-state index in [-0.39, 0.29) is 23.2 Å². The molecule has 0 unspecified atom stereocenters. The standard InChI is InChI=1S/C12H25.C5H11.Bi.H3O2PS2/c1-3-5-7-9-11-12-10-8-6-4-2;1-3-5-4-2;;1-3(2,4)5/h1,3-12H2,2H3;1,3-5H2,2H3;;(H3,1,2,4,5)/q;;+3;/p-3. The Morgan fingerprint density at radius 1 is 0.696 bits per heavy atom. The Bertz CT molecular complexity index is 239. The monoisotopic (exact) mass is 576 g/mol. The molecule has 0 fully saturated rings. The molecule has 0 aliphatic rings. The van der Waals surface area contributed by atoms with E-state index in [0.29, 0.717) is 0 Å². The normalized spacial score (nSPS) is 10.8. The molecule has 0 aliphatic heterocycles. The van der Waals surface area contributed by atoms with Crippen molar-refractivity contribution in [2.24, 2.45) is 0 Å². The smallest absolute Gasteiger partial charge is 0.160 e. The van der Waals surface area contributed by atoms with Crippen LogP contribution in [0.5, 0.6) is 0 Å². The third kappa shape index (κ3) is 40.1. The predicted molar refractivity (Wildman–Crippen MR) is 108 cm³/mol. The summed E-state index contributed by atoms with van der Waals surface area (Å²) in [5.74, 6) is 0. The largest absolute Gasteiger partial charge is 0.850 e. The second-order valence-electron chi connectivity index (χ2n) is 6.01. The van der Waals surface area contributed by atoms with Gasteiger partial charge in [-0.1, -0.05) is 0 Å². The van der Waals surface area contributed by atoms with Gasteiger partial charge in [0.1, 0.15) is 0 Å². The van der Waals surface area contributed by atoms with Crippen LogP contribution in [-0.2, 0) is 24.1 Å². The van der Waals surface area contributed by atoms with Crippen molar-refractivity contribution in [3.8, 4) is 0 Å². The Morgan fingerprint density at radius 2 is 0.957 bits per heavy atom. The van der Waals surface area contributed by atoms with E-state index in [2.05, 4.69) is 37.9 Å². The van der Waals surface area contributed by atoms with E-state index in [0.717, 1.165) is 0 Å². The summed E-state index contributed by atoms with van der Waals surface area (Å²) in [5, 5.41) is 0. The van der Waals surface area contributed by atoms with E-state index in [4.69, 9.17) is 0 Å². The van der Waals surface area contributed by atoms with Gasteiger partial charge in [-0.05, 0) is 0 Å². The van der Waals surface area contributed by atoms with E-state index < -0.39 is 5.69 Å². The van der Waals surface area contributed by atoms with Gasteiger partial charge in [0.2, 0.25) is 0 Å². The average molecular weight is 577 g/mol. The molecule has 0 aromatic heterocycles. The molecule has 0 bridgehead atoms. The van der Waals surface area contributed by atoms with Crippen molar-refractivity contribution in [2.45, 2.75) is 106 Å². The molecular formula is C17H36BiO2PS2. The third-order valence-electron chi connectivity index (χ3n) is 3.59. The van der Waals surface area contributed by atoms with Crippen molar-refractivity contribution in [1.82, 2.24) is 0 Å². The van der Waals surface area contributed by atoms with Crippen LogP contribution in [0.15, 0.2) is 0 Å². The van der Waals surface area contributed by atoms with Gasteiger partial charge in [0.05, 0.1) is 0 Å². The first-order chi connectivity index (χ1) is 10.9. The first-order valence-electron chi connectivity index (χ1n) is 9.28. The molecule has 2 nitrogen and oxygen atoms in total. The number of unbranched alkanes of at least 4 members (excludes halogenated alkanes) is 11. The van der Waals surface area contributed by atoms with Gasteiger partial charge in [0.25, 0.3) is 0 Å². The van der Waals surface area contributed by atoms with Crippen LogP contribution >= 0.6 is 5.69 Å². The van der Waals surface area contributed by atoms with E-state index in [1.807, 2.05) is 0 Å². The Labute approximate surface area is 167 Å². The van der Waals surface area contributed by atoms with Crippen LogP contribution in [0.2, 0.25) is 8.26 Å². The summed E-state index contributed by atoms with van der Waals surface area (Å²) >= 11 is 7.28. The molecule has 0 atom stereocenters. The third-order valence-corrected chi connectivity index (χ3v) is 8.51. The average Bonchev–Trinajstić information content (AvgIpc) is 2.46. The van der Waals surface area contributed by atoms with Crippen molar-refractivity contribution in [3.05, 3.63) is 0 Å². The SMILES string of the molecule is CCCCCCCCCCC[CH2][Bi+3][CH2]CCCC.[O-]P([O-])(=S)[S-]. The molecular weight excluding hydrogens is 540 g/mol. The molecule has 0 radical (unpaired) electrons. The van der Waals surface area contributed by atoms with Crippen molar-refractivity contribution < 1.29 is 9.79 Å². The summed E-state index contributed by atoms with van der Waals surface area (Å²) in [4.78, 5) is 18.6. The molecule has 0 N–H and O–H groups in total. The van der Waals surface area contributed by atoms with Crippen molar-refractivity contribution in [3.63, 3.8) is 0 Å².